The van der Waals surface area contributed by atoms with Gasteiger partial charge in [0.25, 0.3) is 0 Å². The number of anilines is 1. The van der Waals surface area contributed by atoms with E-state index in [4.69, 9.17) is 0 Å². The Kier molecular flexibility index (Phi) is 4.10. The van der Waals surface area contributed by atoms with Crippen LogP contribution < -0.4 is 4.90 Å². The quantitative estimate of drug-likeness (QED) is 0.811. The molecular weight excluding hydrogens is 288 g/mol. The Morgan fingerprint density at radius 2 is 2.00 bits per heavy atom. The number of thiazole rings is 1. The summed E-state index contributed by atoms with van der Waals surface area (Å²) in [6.45, 7) is 5.30. The minimum atomic E-state index is -0.242. The highest BCUT2D eigenvalue weighted by Crippen LogP contribution is 2.22. The number of aromatic nitrogens is 1. The van der Waals surface area contributed by atoms with Crippen molar-refractivity contribution < 1.29 is 9.59 Å². The summed E-state index contributed by atoms with van der Waals surface area (Å²) in [6.07, 6.45) is 3.53. The topological polar surface area (TPSA) is 56.8 Å². The van der Waals surface area contributed by atoms with E-state index in [0.717, 1.165) is 31.1 Å². The molecule has 0 aromatic carbocycles. The van der Waals surface area contributed by atoms with Crippen LogP contribution in [0.25, 0.3) is 0 Å². The van der Waals surface area contributed by atoms with Crippen LogP contribution in [0, 0.1) is 0 Å². The van der Waals surface area contributed by atoms with E-state index in [9.17, 15) is 9.59 Å². The summed E-state index contributed by atoms with van der Waals surface area (Å²) in [5, 5.41) is 2.99. The maximum atomic E-state index is 12.6. The largest absolute Gasteiger partial charge is 0.345 e. The van der Waals surface area contributed by atoms with Gasteiger partial charge in [0.05, 0.1) is 0 Å². The van der Waals surface area contributed by atoms with Gasteiger partial charge in [-0.25, -0.2) is 4.98 Å². The van der Waals surface area contributed by atoms with Crippen molar-refractivity contribution in [2.24, 2.45) is 0 Å². The van der Waals surface area contributed by atoms with E-state index in [1.54, 1.807) is 29.4 Å². The van der Waals surface area contributed by atoms with Crippen LogP contribution in [0.4, 0.5) is 5.13 Å². The number of carbonyl (C=O) groups is 2. The van der Waals surface area contributed by atoms with Gasteiger partial charge in [0.15, 0.2) is 5.13 Å². The molecule has 3 rings (SSSR count). The third-order valence-electron chi connectivity index (χ3n) is 4.22. The number of piperazine rings is 1. The summed E-state index contributed by atoms with van der Waals surface area (Å²) in [5.41, 5.74) is 0. The molecule has 2 aliphatic rings. The predicted octanol–water partition coefficient (Wildman–Crippen LogP) is 0.803. The number of likely N-dealkylation sites (tertiary alicyclic amines) is 1. The first-order valence-corrected chi connectivity index (χ1v) is 8.25. The molecule has 2 fully saturated rings. The smallest absolute Gasteiger partial charge is 0.245 e. The highest BCUT2D eigenvalue weighted by atomic mass is 32.1. The molecule has 0 unspecified atom stereocenters. The SMILES string of the molecule is CC(=O)N1CCC[C@H]1C(=O)N1CCN(c2nccs2)CC1. The molecule has 21 heavy (non-hydrogen) atoms. The van der Waals surface area contributed by atoms with Crippen LogP contribution in [-0.4, -0.2) is 65.4 Å². The molecule has 0 radical (unpaired) electrons. The maximum Gasteiger partial charge on any atom is 0.245 e. The summed E-state index contributed by atoms with van der Waals surface area (Å²) < 4.78 is 0. The molecule has 1 aromatic rings. The van der Waals surface area contributed by atoms with Gasteiger partial charge in [-0.2, -0.15) is 0 Å². The van der Waals surface area contributed by atoms with Gasteiger partial charge in [-0.1, -0.05) is 0 Å². The normalized spacial score (nSPS) is 22.7. The second-order valence-electron chi connectivity index (χ2n) is 5.50. The first-order chi connectivity index (χ1) is 10.2. The van der Waals surface area contributed by atoms with E-state index in [-0.39, 0.29) is 17.9 Å². The Hall–Kier alpha value is -1.63. The molecule has 3 heterocycles. The van der Waals surface area contributed by atoms with Crippen molar-refractivity contribution in [1.29, 1.82) is 0 Å². The van der Waals surface area contributed by atoms with Crippen LogP contribution in [0.2, 0.25) is 0 Å². The number of carbonyl (C=O) groups excluding carboxylic acids is 2. The lowest BCUT2D eigenvalue weighted by Crippen LogP contribution is -2.54. The van der Waals surface area contributed by atoms with Crippen molar-refractivity contribution in [1.82, 2.24) is 14.8 Å². The lowest BCUT2D eigenvalue weighted by molar-refractivity contribution is -0.143. The number of hydrogen-bond donors (Lipinski definition) is 0. The Labute approximate surface area is 128 Å². The molecule has 0 saturated carbocycles. The average molecular weight is 308 g/mol. The molecule has 7 heteroatoms. The highest BCUT2D eigenvalue weighted by Gasteiger charge is 2.36. The second kappa shape index (κ2) is 6.01. The minimum Gasteiger partial charge on any atom is -0.345 e. The van der Waals surface area contributed by atoms with E-state index in [0.29, 0.717) is 19.6 Å². The van der Waals surface area contributed by atoms with Crippen LogP contribution in [0.3, 0.4) is 0 Å². The van der Waals surface area contributed by atoms with E-state index in [2.05, 4.69) is 9.88 Å². The lowest BCUT2D eigenvalue weighted by Gasteiger charge is -2.37. The Morgan fingerprint density at radius 1 is 1.24 bits per heavy atom. The number of nitrogens with zero attached hydrogens (tertiary/aromatic N) is 4. The fourth-order valence-corrected chi connectivity index (χ4v) is 3.80. The minimum absolute atomic E-state index is 0.00673. The van der Waals surface area contributed by atoms with Crippen LogP contribution in [0.1, 0.15) is 19.8 Å². The van der Waals surface area contributed by atoms with Gasteiger partial charge in [-0.3, -0.25) is 9.59 Å². The van der Waals surface area contributed by atoms with E-state index in [1.807, 2.05) is 10.3 Å². The maximum absolute atomic E-state index is 12.6. The lowest BCUT2D eigenvalue weighted by atomic mass is 10.1. The number of amides is 2. The van der Waals surface area contributed by atoms with Crippen molar-refractivity contribution in [3.05, 3.63) is 11.6 Å². The van der Waals surface area contributed by atoms with Gasteiger partial charge < -0.3 is 14.7 Å². The molecule has 2 saturated heterocycles. The van der Waals surface area contributed by atoms with Crippen molar-refractivity contribution in [2.45, 2.75) is 25.8 Å². The third kappa shape index (κ3) is 2.88. The molecule has 0 N–H and O–H groups in total. The fourth-order valence-electron chi connectivity index (χ4n) is 3.10. The number of hydrogen-bond acceptors (Lipinski definition) is 5. The molecule has 2 aliphatic heterocycles. The summed E-state index contributed by atoms with van der Waals surface area (Å²) in [5.74, 6) is 0.119. The van der Waals surface area contributed by atoms with Gasteiger partial charge in [0, 0.05) is 51.2 Å². The first kappa shape index (κ1) is 14.3. The third-order valence-corrected chi connectivity index (χ3v) is 5.06. The van der Waals surface area contributed by atoms with Crippen molar-refractivity contribution in [3.8, 4) is 0 Å². The highest BCUT2D eigenvalue weighted by molar-refractivity contribution is 7.13. The molecule has 2 amide bonds. The Bertz CT molecular complexity index is 511. The van der Waals surface area contributed by atoms with Gasteiger partial charge in [0.1, 0.15) is 6.04 Å². The van der Waals surface area contributed by atoms with E-state index < -0.39 is 0 Å². The van der Waals surface area contributed by atoms with E-state index in [1.165, 1.54) is 0 Å². The summed E-state index contributed by atoms with van der Waals surface area (Å²) in [4.78, 5) is 34.3. The van der Waals surface area contributed by atoms with Crippen LogP contribution in [0.15, 0.2) is 11.6 Å². The van der Waals surface area contributed by atoms with Gasteiger partial charge >= 0.3 is 0 Å². The Balaban J connectivity index is 1.59. The van der Waals surface area contributed by atoms with Gasteiger partial charge in [-0.05, 0) is 12.8 Å². The zero-order valence-corrected chi connectivity index (χ0v) is 13.0. The predicted molar refractivity (Wildman–Crippen MR) is 81.3 cm³/mol. The van der Waals surface area contributed by atoms with Gasteiger partial charge in [-0.15, -0.1) is 11.3 Å². The summed E-state index contributed by atoms with van der Waals surface area (Å²) in [6, 6.07) is -0.242. The summed E-state index contributed by atoms with van der Waals surface area (Å²) >= 11 is 1.63. The molecule has 0 bridgehead atoms. The monoisotopic (exact) mass is 308 g/mol. The molecule has 0 spiro atoms. The summed E-state index contributed by atoms with van der Waals surface area (Å²) in [7, 11) is 0. The van der Waals surface area contributed by atoms with Crippen molar-refractivity contribution in [3.63, 3.8) is 0 Å². The molecule has 114 valence electrons. The standard InChI is InChI=1S/C14H20N4O2S/c1-11(19)18-5-2-3-12(18)13(20)16-6-8-17(9-7-16)14-15-4-10-21-14/h4,10,12H,2-3,5-9H2,1H3/t12-/m0/s1. The molecule has 0 aliphatic carbocycles. The first-order valence-electron chi connectivity index (χ1n) is 7.37. The molecule has 1 aromatic heterocycles. The van der Waals surface area contributed by atoms with Crippen LogP contribution >= 0.6 is 11.3 Å². The molecular formula is C14H20N4O2S. The zero-order valence-electron chi connectivity index (χ0n) is 12.2. The number of rotatable bonds is 2. The second-order valence-corrected chi connectivity index (χ2v) is 6.37. The molecule has 6 nitrogen and oxygen atoms in total. The van der Waals surface area contributed by atoms with Crippen LogP contribution in [0.5, 0.6) is 0 Å². The van der Waals surface area contributed by atoms with E-state index >= 15 is 0 Å². The molecule has 1 atom stereocenters. The van der Waals surface area contributed by atoms with Gasteiger partial charge in [0.2, 0.25) is 11.8 Å². The van der Waals surface area contributed by atoms with Crippen molar-refractivity contribution in [2.75, 3.05) is 37.6 Å². The average Bonchev–Trinajstić information content (AvgIpc) is 3.18. The zero-order chi connectivity index (χ0) is 14.8. The fraction of sp³-hybridized carbons (Fsp3) is 0.643. The Morgan fingerprint density at radius 3 is 2.62 bits per heavy atom. The van der Waals surface area contributed by atoms with Crippen molar-refractivity contribution >= 4 is 28.3 Å². The van der Waals surface area contributed by atoms with Crippen LogP contribution in [-0.2, 0) is 9.59 Å².